The van der Waals surface area contributed by atoms with Crippen molar-refractivity contribution in [3.8, 4) is 5.75 Å². The summed E-state index contributed by atoms with van der Waals surface area (Å²) in [6.45, 7) is 0. The molecule has 1 aliphatic heterocycles. The highest BCUT2D eigenvalue weighted by molar-refractivity contribution is 6.54. The van der Waals surface area contributed by atoms with E-state index < -0.39 is 17.7 Å². The number of ketones is 1. The molecule has 0 atom stereocenters. The maximum Gasteiger partial charge on any atom is 0.355 e. The predicted molar refractivity (Wildman–Crippen MR) is 105 cm³/mol. The number of benzene rings is 2. The Morgan fingerprint density at radius 2 is 1.62 bits per heavy atom. The molecule has 7 heteroatoms. The zero-order valence-corrected chi connectivity index (χ0v) is 15.7. The average Bonchev–Trinajstić information content (AvgIpc) is 3.03. The summed E-state index contributed by atoms with van der Waals surface area (Å²) in [5.74, 6) is -2.29. The number of esters is 1. The summed E-state index contributed by atoms with van der Waals surface area (Å²) < 4.78 is 9.88. The van der Waals surface area contributed by atoms with E-state index in [2.05, 4.69) is 0 Å². The predicted octanol–water partition coefficient (Wildman–Crippen LogP) is 2.32. The number of carbonyl (C=O) groups is 4. The molecule has 0 spiro atoms. The lowest BCUT2D eigenvalue weighted by Crippen LogP contribution is -2.31. The summed E-state index contributed by atoms with van der Waals surface area (Å²) in [5.41, 5.74) is 0.211. The second-order valence-electron chi connectivity index (χ2n) is 6.01. The molecule has 0 radical (unpaired) electrons. The maximum absolute atomic E-state index is 12.8. The van der Waals surface area contributed by atoms with Crippen LogP contribution in [0, 0.1) is 0 Å². The standard InChI is InChI=1S/C22H17NO6/c1-28-17-10-8-16(9-11-17)23-19(22(27)29-2)18(20(25)21(23)26)15(13-24)12-14-6-4-3-5-7-14/h3-13H,1-2H3. The fraction of sp³-hybridized carbons (Fsp3) is 0.0909. The van der Waals surface area contributed by atoms with Crippen LogP contribution >= 0.6 is 0 Å². The van der Waals surface area contributed by atoms with Crippen molar-refractivity contribution < 1.29 is 28.7 Å². The van der Waals surface area contributed by atoms with Gasteiger partial charge in [0.05, 0.1) is 19.8 Å². The minimum Gasteiger partial charge on any atom is -0.497 e. The van der Waals surface area contributed by atoms with Gasteiger partial charge in [-0.15, -0.1) is 0 Å². The topological polar surface area (TPSA) is 90.0 Å². The highest BCUT2D eigenvalue weighted by Crippen LogP contribution is 2.33. The van der Waals surface area contributed by atoms with Gasteiger partial charge >= 0.3 is 11.9 Å². The largest absolute Gasteiger partial charge is 0.497 e. The van der Waals surface area contributed by atoms with Crippen molar-refractivity contribution in [3.63, 3.8) is 0 Å². The third-order valence-corrected chi connectivity index (χ3v) is 4.33. The first kappa shape index (κ1) is 19.8. The molecule has 0 N–H and O–H groups in total. The molecule has 146 valence electrons. The van der Waals surface area contributed by atoms with E-state index in [1.165, 1.54) is 25.3 Å². The third-order valence-electron chi connectivity index (χ3n) is 4.33. The Morgan fingerprint density at radius 3 is 2.17 bits per heavy atom. The molecule has 2 aromatic carbocycles. The van der Waals surface area contributed by atoms with Crippen molar-refractivity contribution in [2.45, 2.75) is 0 Å². The average molecular weight is 391 g/mol. The molecule has 29 heavy (non-hydrogen) atoms. The normalized spacial score (nSPS) is 14.3. The Bertz CT molecular complexity index is 1030. The van der Waals surface area contributed by atoms with Gasteiger partial charge in [-0.3, -0.25) is 19.3 Å². The summed E-state index contributed by atoms with van der Waals surface area (Å²) in [6, 6.07) is 15.0. The van der Waals surface area contributed by atoms with Crippen LogP contribution in [0.4, 0.5) is 5.69 Å². The van der Waals surface area contributed by atoms with Crippen LogP contribution in [-0.2, 0) is 23.9 Å². The van der Waals surface area contributed by atoms with Crippen LogP contribution in [0.3, 0.4) is 0 Å². The summed E-state index contributed by atoms with van der Waals surface area (Å²) >= 11 is 0. The maximum atomic E-state index is 12.8. The summed E-state index contributed by atoms with van der Waals surface area (Å²) in [5, 5.41) is 0. The number of amides is 1. The Balaban J connectivity index is 2.20. The third kappa shape index (κ3) is 3.70. The monoisotopic (exact) mass is 391 g/mol. The van der Waals surface area contributed by atoms with E-state index in [0.29, 0.717) is 17.6 Å². The Labute approximate surface area is 166 Å². The number of Topliss-reactive ketones (excluding diaryl/α,β-unsaturated/α-hetero) is 1. The van der Waals surface area contributed by atoms with Gasteiger partial charge in [0.15, 0.2) is 6.29 Å². The highest BCUT2D eigenvalue weighted by Gasteiger charge is 2.44. The van der Waals surface area contributed by atoms with Gasteiger partial charge in [0.25, 0.3) is 5.78 Å². The Kier molecular flexibility index (Phi) is 5.69. The molecule has 1 aliphatic rings. The van der Waals surface area contributed by atoms with E-state index in [4.69, 9.17) is 9.47 Å². The van der Waals surface area contributed by atoms with Crippen molar-refractivity contribution in [2.75, 3.05) is 19.1 Å². The highest BCUT2D eigenvalue weighted by atomic mass is 16.5. The lowest BCUT2D eigenvalue weighted by molar-refractivity contribution is -0.136. The fourth-order valence-electron chi connectivity index (χ4n) is 2.96. The van der Waals surface area contributed by atoms with Crippen molar-refractivity contribution in [3.05, 3.63) is 77.0 Å². The molecule has 0 saturated carbocycles. The molecule has 0 aromatic heterocycles. The van der Waals surface area contributed by atoms with Crippen LogP contribution in [-0.4, -0.2) is 38.2 Å². The van der Waals surface area contributed by atoms with Gasteiger partial charge in [-0.25, -0.2) is 4.79 Å². The van der Waals surface area contributed by atoms with Crippen molar-refractivity contribution in [1.82, 2.24) is 0 Å². The van der Waals surface area contributed by atoms with E-state index in [1.807, 2.05) is 0 Å². The number of ether oxygens (including phenoxy) is 2. The summed E-state index contributed by atoms with van der Waals surface area (Å²) in [6.07, 6.45) is 1.88. The van der Waals surface area contributed by atoms with Gasteiger partial charge in [0.2, 0.25) is 0 Å². The van der Waals surface area contributed by atoms with Gasteiger partial charge in [-0.2, -0.15) is 0 Å². The van der Waals surface area contributed by atoms with Crippen LogP contribution < -0.4 is 9.64 Å². The van der Waals surface area contributed by atoms with E-state index in [0.717, 1.165) is 12.0 Å². The number of anilines is 1. The number of rotatable bonds is 6. The van der Waals surface area contributed by atoms with Crippen LogP contribution in [0.1, 0.15) is 5.56 Å². The van der Waals surface area contributed by atoms with Gasteiger partial charge in [0.1, 0.15) is 11.4 Å². The molecular weight excluding hydrogens is 374 g/mol. The molecule has 7 nitrogen and oxygen atoms in total. The number of methoxy groups -OCH3 is 2. The molecular formula is C22H17NO6. The van der Waals surface area contributed by atoms with Crippen LogP contribution in [0.2, 0.25) is 0 Å². The second-order valence-corrected chi connectivity index (χ2v) is 6.01. The number of nitrogens with zero attached hydrogens (tertiary/aromatic N) is 1. The number of aldehydes is 1. The molecule has 0 bridgehead atoms. The molecule has 3 rings (SSSR count). The fourth-order valence-corrected chi connectivity index (χ4v) is 2.96. The summed E-state index contributed by atoms with van der Waals surface area (Å²) in [7, 11) is 2.62. The quantitative estimate of drug-likeness (QED) is 0.325. The van der Waals surface area contributed by atoms with E-state index in [9.17, 15) is 19.2 Å². The molecule has 0 unspecified atom stereocenters. The minimum absolute atomic E-state index is 0.0917. The number of hydrogen-bond donors (Lipinski definition) is 0. The van der Waals surface area contributed by atoms with Gasteiger partial charge in [-0.1, -0.05) is 30.3 Å². The van der Waals surface area contributed by atoms with Gasteiger partial charge < -0.3 is 9.47 Å². The summed E-state index contributed by atoms with van der Waals surface area (Å²) in [4.78, 5) is 50.7. The second kappa shape index (κ2) is 8.35. The smallest absolute Gasteiger partial charge is 0.355 e. The Hall–Kier alpha value is -4.00. The molecule has 0 aliphatic carbocycles. The minimum atomic E-state index is -0.963. The van der Waals surface area contributed by atoms with Crippen LogP contribution in [0.25, 0.3) is 6.08 Å². The van der Waals surface area contributed by atoms with Crippen LogP contribution in [0.15, 0.2) is 71.4 Å². The zero-order chi connectivity index (χ0) is 21.0. The first-order valence-corrected chi connectivity index (χ1v) is 8.59. The molecule has 1 amide bonds. The molecule has 2 aromatic rings. The number of carbonyl (C=O) groups excluding carboxylic acids is 4. The van der Waals surface area contributed by atoms with E-state index in [1.54, 1.807) is 42.5 Å². The van der Waals surface area contributed by atoms with Crippen molar-refractivity contribution in [2.24, 2.45) is 0 Å². The molecule has 0 saturated heterocycles. The Morgan fingerprint density at radius 1 is 0.966 bits per heavy atom. The zero-order valence-electron chi connectivity index (χ0n) is 15.7. The first-order chi connectivity index (χ1) is 14.0. The SMILES string of the molecule is COC(=O)C1=C(C(C=O)=Cc2ccccc2)C(=O)C(=O)N1c1ccc(OC)cc1. The van der Waals surface area contributed by atoms with E-state index in [-0.39, 0.29) is 22.5 Å². The number of allylic oxidation sites excluding steroid dienone is 1. The molecule has 1 heterocycles. The first-order valence-electron chi connectivity index (χ1n) is 8.59. The van der Waals surface area contributed by atoms with Gasteiger partial charge in [-0.05, 0) is 35.9 Å². The van der Waals surface area contributed by atoms with Crippen molar-refractivity contribution in [1.29, 1.82) is 0 Å². The lowest BCUT2D eigenvalue weighted by atomic mass is 10.00. The van der Waals surface area contributed by atoms with Crippen molar-refractivity contribution >= 4 is 35.7 Å². The van der Waals surface area contributed by atoms with E-state index >= 15 is 0 Å². The van der Waals surface area contributed by atoms with Gasteiger partial charge in [0, 0.05) is 11.3 Å². The molecule has 0 fully saturated rings. The lowest BCUT2D eigenvalue weighted by Gasteiger charge is -2.18. The van der Waals surface area contributed by atoms with Crippen LogP contribution in [0.5, 0.6) is 5.75 Å². The number of hydrogen-bond acceptors (Lipinski definition) is 6.